The Morgan fingerprint density at radius 2 is 2.33 bits per heavy atom. The number of aliphatic carboxylic acids is 1. The van der Waals surface area contributed by atoms with Gasteiger partial charge in [-0.25, -0.2) is 19.7 Å². The van der Waals surface area contributed by atoms with E-state index < -0.39 is 12.0 Å². The number of carboxylic acids is 1. The van der Waals surface area contributed by atoms with Crippen LogP contribution in [0.15, 0.2) is 12.7 Å². The van der Waals surface area contributed by atoms with Crippen molar-refractivity contribution in [2.24, 2.45) is 0 Å². The number of nitrogens with one attached hydrogen (secondary N) is 3. The Kier molecular flexibility index (Phi) is 3.68. The van der Waals surface area contributed by atoms with Gasteiger partial charge in [0.15, 0.2) is 11.5 Å². The van der Waals surface area contributed by atoms with Crippen LogP contribution in [0.1, 0.15) is 6.42 Å². The van der Waals surface area contributed by atoms with Gasteiger partial charge >= 0.3 is 5.97 Å². The first-order valence-corrected chi connectivity index (χ1v) is 5.50. The Bertz CT molecular complexity index is 540. The van der Waals surface area contributed by atoms with Crippen LogP contribution in [0.25, 0.3) is 11.2 Å². The van der Waals surface area contributed by atoms with Gasteiger partial charge in [-0.15, -0.1) is 0 Å². The Morgan fingerprint density at radius 1 is 1.50 bits per heavy atom. The molecule has 0 aliphatic carbocycles. The molecule has 0 saturated heterocycles. The lowest BCUT2D eigenvalue weighted by Crippen LogP contribution is -2.32. The molecule has 0 fully saturated rings. The highest BCUT2D eigenvalue weighted by Gasteiger charge is 2.18. The monoisotopic (exact) mass is 250 g/mol. The molecule has 18 heavy (non-hydrogen) atoms. The highest BCUT2D eigenvalue weighted by molar-refractivity contribution is 5.85. The molecule has 0 saturated carbocycles. The molecule has 0 spiro atoms. The normalized spacial score (nSPS) is 12.5. The number of aromatic nitrogens is 4. The minimum absolute atomic E-state index is 0.445. The maximum atomic E-state index is 11.1. The molecular formula is C10H14N6O2. The summed E-state index contributed by atoms with van der Waals surface area (Å²) in [5.74, 6) is -0.475. The van der Waals surface area contributed by atoms with Crippen molar-refractivity contribution in [2.75, 3.05) is 18.9 Å². The third-order valence-electron chi connectivity index (χ3n) is 2.52. The third kappa shape index (κ3) is 2.54. The summed E-state index contributed by atoms with van der Waals surface area (Å²) in [6, 6.07) is -0.709. The topological polar surface area (TPSA) is 116 Å². The SMILES string of the molecule is CNCCC(Nc1ncnc2nc[nH]c12)C(=O)O. The quantitative estimate of drug-likeness (QED) is 0.562. The van der Waals surface area contributed by atoms with Crippen molar-refractivity contribution in [1.29, 1.82) is 0 Å². The average Bonchev–Trinajstić information content (AvgIpc) is 2.83. The molecule has 2 aromatic rings. The van der Waals surface area contributed by atoms with Gasteiger partial charge in [0, 0.05) is 0 Å². The molecule has 0 radical (unpaired) electrons. The summed E-state index contributed by atoms with van der Waals surface area (Å²) in [5.41, 5.74) is 1.11. The fraction of sp³-hybridized carbons (Fsp3) is 0.400. The van der Waals surface area contributed by atoms with Gasteiger partial charge in [-0.3, -0.25) is 0 Å². The summed E-state index contributed by atoms with van der Waals surface area (Å²) in [6.45, 7) is 0.598. The number of anilines is 1. The summed E-state index contributed by atoms with van der Waals surface area (Å²) in [4.78, 5) is 26.0. The number of fused-ring (bicyclic) bond motifs is 1. The van der Waals surface area contributed by atoms with Crippen molar-refractivity contribution in [3.63, 3.8) is 0 Å². The largest absolute Gasteiger partial charge is 0.480 e. The van der Waals surface area contributed by atoms with Crippen LogP contribution in [-0.2, 0) is 4.79 Å². The van der Waals surface area contributed by atoms with Crippen LogP contribution >= 0.6 is 0 Å². The van der Waals surface area contributed by atoms with E-state index in [9.17, 15) is 4.79 Å². The molecule has 2 heterocycles. The van der Waals surface area contributed by atoms with E-state index in [-0.39, 0.29) is 0 Å². The molecule has 8 nitrogen and oxygen atoms in total. The first-order chi connectivity index (χ1) is 8.72. The minimum atomic E-state index is -0.920. The number of carboxylic acid groups (broad SMARTS) is 1. The predicted molar refractivity (Wildman–Crippen MR) is 65.3 cm³/mol. The van der Waals surface area contributed by atoms with Crippen LogP contribution in [0.2, 0.25) is 0 Å². The van der Waals surface area contributed by atoms with Gasteiger partial charge in [0.1, 0.15) is 17.9 Å². The Morgan fingerprint density at radius 3 is 3.06 bits per heavy atom. The molecule has 4 N–H and O–H groups in total. The zero-order valence-electron chi connectivity index (χ0n) is 9.84. The molecule has 0 amide bonds. The molecule has 8 heteroatoms. The highest BCUT2D eigenvalue weighted by Crippen LogP contribution is 2.16. The Labute approximate surface area is 103 Å². The van der Waals surface area contributed by atoms with E-state index >= 15 is 0 Å². The van der Waals surface area contributed by atoms with E-state index in [0.717, 1.165) is 0 Å². The lowest BCUT2D eigenvalue weighted by Gasteiger charge is -2.14. The molecule has 96 valence electrons. The molecule has 0 aliphatic rings. The van der Waals surface area contributed by atoms with E-state index in [1.807, 2.05) is 0 Å². The number of aromatic amines is 1. The van der Waals surface area contributed by atoms with Crippen LogP contribution in [0.5, 0.6) is 0 Å². The van der Waals surface area contributed by atoms with Gasteiger partial charge < -0.3 is 20.7 Å². The van der Waals surface area contributed by atoms with E-state index in [2.05, 4.69) is 30.6 Å². The molecule has 0 aliphatic heterocycles. The second kappa shape index (κ2) is 5.41. The number of rotatable bonds is 6. The number of H-pyrrole nitrogens is 1. The van der Waals surface area contributed by atoms with Crippen molar-refractivity contribution in [2.45, 2.75) is 12.5 Å². The van der Waals surface area contributed by atoms with Gasteiger partial charge in [-0.05, 0) is 20.0 Å². The lowest BCUT2D eigenvalue weighted by molar-refractivity contribution is -0.138. The summed E-state index contributed by atoms with van der Waals surface area (Å²) in [6.07, 6.45) is 3.29. The zero-order chi connectivity index (χ0) is 13.0. The summed E-state index contributed by atoms with van der Waals surface area (Å²) in [5, 5.41) is 14.9. The average molecular weight is 250 g/mol. The second-order valence-electron chi connectivity index (χ2n) is 3.75. The third-order valence-corrected chi connectivity index (χ3v) is 2.52. The molecule has 2 aromatic heterocycles. The van der Waals surface area contributed by atoms with Crippen molar-refractivity contribution in [3.05, 3.63) is 12.7 Å². The molecule has 1 unspecified atom stereocenters. The summed E-state index contributed by atoms with van der Waals surface area (Å²) in [7, 11) is 1.77. The first kappa shape index (κ1) is 12.2. The number of hydrogen-bond acceptors (Lipinski definition) is 6. The first-order valence-electron chi connectivity index (χ1n) is 5.50. The van der Waals surface area contributed by atoms with Crippen LogP contribution < -0.4 is 10.6 Å². The van der Waals surface area contributed by atoms with E-state index in [4.69, 9.17) is 5.11 Å². The number of nitrogens with zero attached hydrogens (tertiary/aromatic N) is 3. The standard InChI is InChI=1S/C10H14N6O2/c1-11-3-2-6(10(17)18)16-9-7-8(13-4-12-7)14-5-15-9/h4-6,11H,2-3H2,1H3,(H,17,18)(H2,12,13,14,15,16). The van der Waals surface area contributed by atoms with Crippen molar-refractivity contribution in [3.8, 4) is 0 Å². The van der Waals surface area contributed by atoms with Crippen molar-refractivity contribution < 1.29 is 9.90 Å². The van der Waals surface area contributed by atoms with Crippen molar-refractivity contribution in [1.82, 2.24) is 25.3 Å². The molecule has 0 bridgehead atoms. The van der Waals surface area contributed by atoms with Crippen molar-refractivity contribution >= 4 is 23.0 Å². The molecule has 2 rings (SSSR count). The second-order valence-corrected chi connectivity index (χ2v) is 3.75. The van der Waals surface area contributed by atoms with Gasteiger partial charge in [-0.1, -0.05) is 0 Å². The van der Waals surface area contributed by atoms with E-state index in [1.165, 1.54) is 12.7 Å². The van der Waals surface area contributed by atoms with Gasteiger partial charge in [0.25, 0.3) is 0 Å². The number of imidazole rings is 1. The zero-order valence-corrected chi connectivity index (χ0v) is 9.84. The maximum Gasteiger partial charge on any atom is 0.326 e. The van der Waals surface area contributed by atoms with E-state index in [1.54, 1.807) is 7.05 Å². The fourth-order valence-electron chi connectivity index (χ4n) is 1.59. The number of carbonyl (C=O) groups is 1. The maximum absolute atomic E-state index is 11.1. The summed E-state index contributed by atoms with van der Waals surface area (Å²) >= 11 is 0. The molecule has 0 aromatic carbocycles. The van der Waals surface area contributed by atoms with Gasteiger partial charge in [0.2, 0.25) is 0 Å². The van der Waals surface area contributed by atoms with Crippen LogP contribution in [0.3, 0.4) is 0 Å². The minimum Gasteiger partial charge on any atom is -0.480 e. The van der Waals surface area contributed by atoms with Crippen LogP contribution in [0.4, 0.5) is 5.82 Å². The predicted octanol–water partition coefficient (Wildman–Crippen LogP) is -0.173. The van der Waals surface area contributed by atoms with Crippen LogP contribution in [0, 0.1) is 0 Å². The molecular weight excluding hydrogens is 236 g/mol. The van der Waals surface area contributed by atoms with Crippen LogP contribution in [-0.4, -0.2) is 50.6 Å². The smallest absolute Gasteiger partial charge is 0.326 e. The Hall–Kier alpha value is -2.22. The Balaban J connectivity index is 2.20. The fourth-order valence-corrected chi connectivity index (χ4v) is 1.59. The summed E-state index contributed by atoms with van der Waals surface area (Å²) < 4.78 is 0. The van der Waals surface area contributed by atoms with Gasteiger partial charge in [-0.2, -0.15) is 0 Å². The number of hydrogen-bond donors (Lipinski definition) is 4. The lowest BCUT2D eigenvalue weighted by atomic mass is 10.2. The van der Waals surface area contributed by atoms with E-state index in [0.29, 0.717) is 29.9 Å². The molecule has 1 atom stereocenters. The van der Waals surface area contributed by atoms with Gasteiger partial charge in [0.05, 0.1) is 6.33 Å². The highest BCUT2D eigenvalue weighted by atomic mass is 16.4.